The third-order valence-corrected chi connectivity index (χ3v) is 4.35. The highest BCUT2D eigenvalue weighted by atomic mass is 32.2. The molecule has 0 amide bonds. The smallest absolute Gasteiger partial charge is 0.147 e. The van der Waals surface area contributed by atoms with Gasteiger partial charge >= 0.3 is 0 Å². The molecule has 0 aliphatic heterocycles. The van der Waals surface area contributed by atoms with Crippen LogP contribution in [0.2, 0.25) is 0 Å². The van der Waals surface area contributed by atoms with Crippen LogP contribution in [0.15, 0.2) is 40.5 Å². The van der Waals surface area contributed by atoms with E-state index < -0.39 is 0 Å². The molecule has 0 atom stereocenters. The predicted octanol–water partition coefficient (Wildman–Crippen LogP) is 4.16. The van der Waals surface area contributed by atoms with E-state index in [2.05, 4.69) is 67.4 Å². The highest BCUT2D eigenvalue weighted by Crippen LogP contribution is 2.35. The van der Waals surface area contributed by atoms with Crippen molar-refractivity contribution in [2.45, 2.75) is 49.5 Å². The maximum atomic E-state index is 5.55. The van der Waals surface area contributed by atoms with Gasteiger partial charge < -0.3 is 5.43 Å². The summed E-state index contributed by atoms with van der Waals surface area (Å²) in [6.45, 7) is 8.63. The molecule has 112 valence electrons. The largest absolute Gasteiger partial charge is 0.308 e. The Kier molecular flexibility index (Phi) is 5.20. The summed E-state index contributed by atoms with van der Waals surface area (Å²) < 4.78 is 0. The zero-order valence-electron chi connectivity index (χ0n) is 12.9. The van der Waals surface area contributed by atoms with Crippen LogP contribution in [0.4, 0.5) is 5.82 Å². The standard InChI is InChI=1S/C16H22N4S/c1-10(2)12-5-7-13(8-6-12)21-16-14(11(3)4)15(20-17)18-9-19-16/h5-11H,17H2,1-4H3,(H,18,19,20). The molecule has 0 saturated carbocycles. The molecule has 5 heteroatoms. The average Bonchev–Trinajstić information content (AvgIpc) is 2.47. The lowest BCUT2D eigenvalue weighted by molar-refractivity contribution is 0.804. The highest BCUT2D eigenvalue weighted by molar-refractivity contribution is 7.99. The summed E-state index contributed by atoms with van der Waals surface area (Å²) in [6.07, 6.45) is 1.55. The van der Waals surface area contributed by atoms with Crippen molar-refractivity contribution in [3.05, 3.63) is 41.7 Å². The van der Waals surface area contributed by atoms with Crippen molar-refractivity contribution in [3.8, 4) is 0 Å². The lowest BCUT2D eigenvalue weighted by atomic mass is 10.0. The number of nitrogens with two attached hydrogens (primary N) is 1. The van der Waals surface area contributed by atoms with Gasteiger partial charge in [0.1, 0.15) is 17.2 Å². The second-order valence-corrected chi connectivity index (χ2v) is 6.63. The maximum Gasteiger partial charge on any atom is 0.147 e. The molecule has 2 aromatic rings. The molecule has 21 heavy (non-hydrogen) atoms. The van der Waals surface area contributed by atoms with Crippen molar-refractivity contribution >= 4 is 17.6 Å². The first-order valence-electron chi connectivity index (χ1n) is 7.12. The third kappa shape index (κ3) is 3.74. The number of nitrogens with zero attached hydrogens (tertiary/aromatic N) is 2. The Balaban J connectivity index is 2.30. The topological polar surface area (TPSA) is 63.8 Å². The number of hydrazine groups is 1. The Morgan fingerprint density at radius 3 is 2.19 bits per heavy atom. The van der Waals surface area contributed by atoms with Crippen LogP contribution in [0.3, 0.4) is 0 Å². The van der Waals surface area contributed by atoms with Gasteiger partial charge in [-0.3, -0.25) is 0 Å². The molecule has 0 spiro atoms. The first kappa shape index (κ1) is 15.8. The van der Waals surface area contributed by atoms with Gasteiger partial charge in [-0.1, -0.05) is 51.6 Å². The minimum absolute atomic E-state index is 0.301. The monoisotopic (exact) mass is 302 g/mol. The SMILES string of the molecule is CC(C)c1ccc(Sc2ncnc(NN)c2C(C)C)cc1. The number of nitrogens with one attached hydrogen (secondary N) is 1. The van der Waals surface area contributed by atoms with Crippen molar-refractivity contribution in [2.75, 3.05) is 5.43 Å². The molecule has 0 radical (unpaired) electrons. The van der Waals surface area contributed by atoms with Gasteiger partial charge in [0.2, 0.25) is 0 Å². The second kappa shape index (κ2) is 6.91. The summed E-state index contributed by atoms with van der Waals surface area (Å²) in [5, 5.41) is 0.949. The Hall–Kier alpha value is -1.59. The maximum absolute atomic E-state index is 5.55. The van der Waals surface area contributed by atoms with Crippen LogP contribution in [0.25, 0.3) is 0 Å². The highest BCUT2D eigenvalue weighted by Gasteiger charge is 2.15. The van der Waals surface area contributed by atoms with Crippen molar-refractivity contribution in [1.29, 1.82) is 0 Å². The fraction of sp³-hybridized carbons (Fsp3) is 0.375. The van der Waals surface area contributed by atoms with E-state index in [4.69, 9.17) is 5.84 Å². The van der Waals surface area contributed by atoms with Gasteiger partial charge in [-0.25, -0.2) is 15.8 Å². The van der Waals surface area contributed by atoms with Crippen molar-refractivity contribution in [1.82, 2.24) is 9.97 Å². The van der Waals surface area contributed by atoms with Crippen LogP contribution >= 0.6 is 11.8 Å². The van der Waals surface area contributed by atoms with Gasteiger partial charge in [0, 0.05) is 10.5 Å². The number of nitrogen functional groups attached to an aromatic ring is 1. The fourth-order valence-corrected chi connectivity index (χ4v) is 3.17. The Morgan fingerprint density at radius 1 is 1.00 bits per heavy atom. The van der Waals surface area contributed by atoms with Crippen molar-refractivity contribution in [2.24, 2.45) is 5.84 Å². The first-order valence-corrected chi connectivity index (χ1v) is 7.94. The summed E-state index contributed by atoms with van der Waals surface area (Å²) in [4.78, 5) is 9.78. The predicted molar refractivity (Wildman–Crippen MR) is 88.6 cm³/mol. The molecule has 3 N–H and O–H groups in total. The number of hydrogen-bond donors (Lipinski definition) is 2. The van der Waals surface area contributed by atoms with Gasteiger partial charge in [0.25, 0.3) is 0 Å². The van der Waals surface area contributed by atoms with Crippen LogP contribution in [-0.2, 0) is 0 Å². The average molecular weight is 302 g/mol. The molecule has 0 aliphatic carbocycles. The van der Waals surface area contributed by atoms with Crippen molar-refractivity contribution < 1.29 is 0 Å². The minimum Gasteiger partial charge on any atom is -0.308 e. The van der Waals surface area contributed by atoms with E-state index in [1.165, 1.54) is 10.5 Å². The lowest BCUT2D eigenvalue weighted by Gasteiger charge is -2.15. The zero-order chi connectivity index (χ0) is 15.4. The summed E-state index contributed by atoms with van der Waals surface area (Å²) in [5.74, 6) is 7.09. The van der Waals surface area contributed by atoms with E-state index in [9.17, 15) is 0 Å². The summed E-state index contributed by atoms with van der Waals surface area (Å²) in [7, 11) is 0. The van der Waals surface area contributed by atoms with E-state index in [0.29, 0.717) is 17.7 Å². The molecule has 0 unspecified atom stereocenters. The minimum atomic E-state index is 0.301. The van der Waals surface area contributed by atoms with Gasteiger partial charge in [-0.05, 0) is 29.5 Å². The summed E-state index contributed by atoms with van der Waals surface area (Å²) in [5.41, 5.74) is 5.06. The second-order valence-electron chi connectivity index (χ2n) is 5.57. The molecule has 0 fully saturated rings. The normalized spacial score (nSPS) is 11.2. The van der Waals surface area contributed by atoms with E-state index in [1.807, 2.05) is 0 Å². The van der Waals surface area contributed by atoms with E-state index in [1.54, 1.807) is 18.1 Å². The third-order valence-electron chi connectivity index (χ3n) is 3.32. The van der Waals surface area contributed by atoms with E-state index >= 15 is 0 Å². The molecule has 1 aromatic heterocycles. The Morgan fingerprint density at radius 2 is 1.67 bits per heavy atom. The van der Waals surface area contributed by atoms with Crippen LogP contribution in [0.5, 0.6) is 0 Å². The van der Waals surface area contributed by atoms with Crippen LogP contribution in [0.1, 0.15) is 50.7 Å². The zero-order valence-corrected chi connectivity index (χ0v) is 13.7. The van der Waals surface area contributed by atoms with Gasteiger partial charge in [0.15, 0.2) is 0 Å². The first-order chi connectivity index (χ1) is 10.0. The van der Waals surface area contributed by atoms with E-state index in [-0.39, 0.29) is 0 Å². The number of benzene rings is 1. The number of aromatic nitrogens is 2. The number of rotatable bonds is 5. The molecule has 2 rings (SSSR count). The summed E-state index contributed by atoms with van der Waals surface area (Å²) >= 11 is 1.65. The molecule has 1 aromatic carbocycles. The van der Waals surface area contributed by atoms with Gasteiger partial charge in [-0.2, -0.15) is 0 Å². The molecule has 0 bridgehead atoms. The molecule has 1 heterocycles. The van der Waals surface area contributed by atoms with Crippen LogP contribution in [-0.4, -0.2) is 9.97 Å². The van der Waals surface area contributed by atoms with Crippen LogP contribution < -0.4 is 11.3 Å². The molecule has 0 saturated heterocycles. The Labute approximate surface area is 130 Å². The molecule has 4 nitrogen and oxygen atoms in total. The van der Waals surface area contributed by atoms with Gasteiger partial charge in [0.05, 0.1) is 0 Å². The fourth-order valence-electron chi connectivity index (χ4n) is 2.13. The van der Waals surface area contributed by atoms with Crippen LogP contribution in [0, 0.1) is 0 Å². The Bertz CT molecular complexity index is 594. The van der Waals surface area contributed by atoms with Crippen molar-refractivity contribution in [3.63, 3.8) is 0 Å². The number of hydrogen-bond acceptors (Lipinski definition) is 5. The lowest BCUT2D eigenvalue weighted by Crippen LogP contribution is -2.13. The quantitative estimate of drug-likeness (QED) is 0.493. The molecular formula is C16H22N4S. The molecular weight excluding hydrogens is 280 g/mol. The number of anilines is 1. The van der Waals surface area contributed by atoms with Gasteiger partial charge in [-0.15, -0.1) is 0 Å². The summed E-state index contributed by atoms with van der Waals surface area (Å²) in [6, 6.07) is 8.63. The molecule has 0 aliphatic rings. The van der Waals surface area contributed by atoms with E-state index in [0.717, 1.165) is 10.6 Å².